The number of aromatic hydroxyl groups is 1. The molecule has 0 saturated heterocycles. The first kappa shape index (κ1) is 26.0. The second kappa shape index (κ2) is 11.7. The number of carboxylic acid groups (broad SMARTS) is 1. The standard InChI is InChI=1S/C28H32O7/c1-4-7-18-9-6-10-19-11-12-23(28(32)33)27(25(18)19)35-16-20(30)15-34-24-14-13-21(17(3)29)26(31)22(24)8-5-2/h6,9-14,20,30-31H,4-5,7-8,15-16H2,1-3H3,(H,32,33). The Morgan fingerprint density at radius 3 is 2.26 bits per heavy atom. The first-order chi connectivity index (χ1) is 16.8. The van der Waals surface area contributed by atoms with E-state index in [1.807, 2.05) is 25.1 Å². The Labute approximate surface area is 204 Å². The highest BCUT2D eigenvalue weighted by molar-refractivity contribution is 6.02. The van der Waals surface area contributed by atoms with E-state index >= 15 is 0 Å². The molecule has 0 radical (unpaired) electrons. The summed E-state index contributed by atoms with van der Waals surface area (Å²) in [6.45, 7) is 5.07. The molecule has 0 aliphatic carbocycles. The van der Waals surface area contributed by atoms with E-state index in [1.54, 1.807) is 12.1 Å². The van der Waals surface area contributed by atoms with Crippen LogP contribution in [-0.4, -0.2) is 46.4 Å². The topological polar surface area (TPSA) is 113 Å². The summed E-state index contributed by atoms with van der Waals surface area (Å²) in [5.41, 5.74) is 1.76. The van der Waals surface area contributed by atoms with Crippen LogP contribution in [0.25, 0.3) is 10.8 Å². The van der Waals surface area contributed by atoms with Crippen LogP contribution in [0.3, 0.4) is 0 Å². The fraction of sp³-hybridized carbons (Fsp3) is 0.357. The highest BCUT2D eigenvalue weighted by Crippen LogP contribution is 2.35. The Hall–Kier alpha value is -3.58. The number of hydrogen-bond acceptors (Lipinski definition) is 6. The molecule has 1 atom stereocenters. The summed E-state index contributed by atoms with van der Waals surface area (Å²) >= 11 is 0. The first-order valence-corrected chi connectivity index (χ1v) is 11.9. The van der Waals surface area contributed by atoms with Gasteiger partial charge in [0.05, 0.1) is 5.56 Å². The van der Waals surface area contributed by atoms with Gasteiger partial charge in [0, 0.05) is 10.9 Å². The Morgan fingerprint density at radius 2 is 1.60 bits per heavy atom. The molecule has 0 aliphatic rings. The lowest BCUT2D eigenvalue weighted by atomic mass is 9.97. The largest absolute Gasteiger partial charge is 0.507 e. The zero-order chi connectivity index (χ0) is 25.5. The number of carbonyl (C=O) groups excluding carboxylic acids is 1. The van der Waals surface area contributed by atoms with Crippen LogP contribution in [0.5, 0.6) is 17.2 Å². The van der Waals surface area contributed by atoms with Crippen LogP contribution in [-0.2, 0) is 12.8 Å². The number of ether oxygens (including phenoxy) is 2. The third kappa shape index (κ3) is 5.92. The average Bonchev–Trinajstić information content (AvgIpc) is 2.82. The van der Waals surface area contributed by atoms with Crippen LogP contribution >= 0.6 is 0 Å². The van der Waals surface area contributed by atoms with Crippen LogP contribution in [0, 0.1) is 0 Å². The molecule has 3 aromatic carbocycles. The van der Waals surface area contributed by atoms with Crippen molar-refractivity contribution in [1.29, 1.82) is 0 Å². The first-order valence-electron chi connectivity index (χ1n) is 11.9. The molecule has 0 fully saturated rings. The molecular weight excluding hydrogens is 448 g/mol. The van der Waals surface area contributed by atoms with Gasteiger partial charge < -0.3 is 24.8 Å². The summed E-state index contributed by atoms with van der Waals surface area (Å²) in [6, 6.07) is 12.2. The number of hydrogen-bond donors (Lipinski definition) is 3. The molecule has 3 N–H and O–H groups in total. The lowest BCUT2D eigenvalue weighted by molar-refractivity contribution is 0.0596. The second-order valence-corrected chi connectivity index (χ2v) is 8.53. The number of fused-ring (bicyclic) bond motifs is 1. The minimum absolute atomic E-state index is 0.0316. The zero-order valence-corrected chi connectivity index (χ0v) is 20.3. The van der Waals surface area contributed by atoms with Gasteiger partial charge in [0.1, 0.15) is 42.1 Å². The maximum atomic E-state index is 11.9. The van der Waals surface area contributed by atoms with Gasteiger partial charge in [0.25, 0.3) is 0 Å². The molecule has 0 heterocycles. The monoisotopic (exact) mass is 480 g/mol. The van der Waals surface area contributed by atoms with Gasteiger partial charge in [-0.15, -0.1) is 0 Å². The average molecular weight is 481 g/mol. The highest BCUT2D eigenvalue weighted by atomic mass is 16.5. The predicted molar refractivity (Wildman–Crippen MR) is 134 cm³/mol. The van der Waals surface area contributed by atoms with Gasteiger partial charge in [-0.1, -0.05) is 51.0 Å². The number of carbonyl (C=O) groups is 2. The Bertz CT molecular complexity index is 1220. The number of phenols is 1. The van der Waals surface area contributed by atoms with E-state index in [0.29, 0.717) is 17.7 Å². The number of aliphatic hydroxyl groups excluding tert-OH is 1. The van der Waals surface area contributed by atoms with Crippen LogP contribution in [0.2, 0.25) is 0 Å². The van der Waals surface area contributed by atoms with E-state index in [4.69, 9.17) is 9.47 Å². The number of carboxylic acids is 1. The second-order valence-electron chi connectivity index (χ2n) is 8.53. The van der Waals surface area contributed by atoms with Gasteiger partial charge in [-0.3, -0.25) is 4.79 Å². The zero-order valence-electron chi connectivity index (χ0n) is 20.3. The van der Waals surface area contributed by atoms with E-state index in [0.717, 1.165) is 35.6 Å². The van der Waals surface area contributed by atoms with Crippen LogP contribution in [0.1, 0.15) is 65.5 Å². The van der Waals surface area contributed by atoms with Crippen LogP contribution < -0.4 is 9.47 Å². The normalized spacial score (nSPS) is 11.9. The van der Waals surface area contributed by atoms with Gasteiger partial charge in [0.2, 0.25) is 0 Å². The molecule has 3 rings (SSSR count). The molecule has 0 bridgehead atoms. The van der Waals surface area contributed by atoms with E-state index in [1.165, 1.54) is 19.1 Å². The summed E-state index contributed by atoms with van der Waals surface area (Å²) in [4.78, 5) is 23.6. The number of aliphatic hydroxyl groups is 1. The van der Waals surface area contributed by atoms with Crippen molar-refractivity contribution >= 4 is 22.5 Å². The minimum Gasteiger partial charge on any atom is -0.507 e. The maximum Gasteiger partial charge on any atom is 0.339 e. The molecule has 0 saturated carbocycles. The summed E-state index contributed by atoms with van der Waals surface area (Å²) in [5.74, 6) is -0.841. The number of rotatable bonds is 12. The number of phenolic OH excluding ortho intramolecular Hbond substituents is 1. The number of ketones is 1. The summed E-state index contributed by atoms with van der Waals surface area (Å²) in [7, 11) is 0. The Morgan fingerprint density at radius 1 is 0.914 bits per heavy atom. The molecular formula is C28H32O7. The van der Waals surface area contributed by atoms with Crippen LogP contribution in [0.15, 0.2) is 42.5 Å². The molecule has 35 heavy (non-hydrogen) atoms. The maximum absolute atomic E-state index is 11.9. The Balaban J connectivity index is 1.81. The fourth-order valence-electron chi connectivity index (χ4n) is 4.16. The summed E-state index contributed by atoms with van der Waals surface area (Å²) < 4.78 is 11.7. The summed E-state index contributed by atoms with van der Waals surface area (Å²) in [5, 5.41) is 32.4. The van der Waals surface area contributed by atoms with Crippen molar-refractivity contribution in [3.8, 4) is 17.2 Å². The van der Waals surface area contributed by atoms with E-state index in [9.17, 15) is 24.9 Å². The number of aromatic carboxylic acids is 1. The summed E-state index contributed by atoms with van der Waals surface area (Å²) in [6.07, 6.45) is 1.84. The van der Waals surface area contributed by atoms with Crippen molar-refractivity contribution < 1.29 is 34.4 Å². The SMILES string of the molecule is CCCc1c(OCC(O)COc2c(C(=O)O)ccc3cccc(CCC)c23)ccc(C(C)=O)c1O. The van der Waals surface area contributed by atoms with Crippen molar-refractivity contribution in [2.45, 2.75) is 52.6 Å². The van der Waals surface area contributed by atoms with Gasteiger partial charge in [-0.25, -0.2) is 4.79 Å². The van der Waals surface area contributed by atoms with Crippen molar-refractivity contribution in [2.75, 3.05) is 13.2 Å². The molecule has 0 spiro atoms. The lowest BCUT2D eigenvalue weighted by Gasteiger charge is -2.19. The minimum atomic E-state index is -1.11. The van der Waals surface area contributed by atoms with Crippen molar-refractivity contribution in [3.05, 3.63) is 64.7 Å². The number of aryl methyl sites for hydroxylation is 1. The van der Waals surface area contributed by atoms with E-state index in [-0.39, 0.29) is 41.6 Å². The fourth-order valence-corrected chi connectivity index (χ4v) is 4.16. The van der Waals surface area contributed by atoms with Crippen molar-refractivity contribution in [2.24, 2.45) is 0 Å². The van der Waals surface area contributed by atoms with Crippen LogP contribution in [0.4, 0.5) is 0 Å². The molecule has 0 amide bonds. The molecule has 0 aromatic heterocycles. The van der Waals surface area contributed by atoms with Crippen molar-refractivity contribution in [1.82, 2.24) is 0 Å². The smallest absolute Gasteiger partial charge is 0.339 e. The van der Waals surface area contributed by atoms with E-state index < -0.39 is 12.1 Å². The number of benzene rings is 3. The van der Waals surface area contributed by atoms with E-state index in [2.05, 4.69) is 6.92 Å². The molecule has 186 valence electrons. The molecule has 3 aromatic rings. The van der Waals surface area contributed by atoms with Crippen molar-refractivity contribution in [3.63, 3.8) is 0 Å². The van der Waals surface area contributed by atoms with Gasteiger partial charge in [-0.05, 0) is 48.9 Å². The predicted octanol–water partition coefficient (Wildman–Crippen LogP) is 5.17. The molecule has 7 nitrogen and oxygen atoms in total. The van der Waals surface area contributed by atoms with Gasteiger partial charge in [-0.2, -0.15) is 0 Å². The third-order valence-electron chi connectivity index (χ3n) is 5.80. The molecule has 7 heteroatoms. The Kier molecular flexibility index (Phi) is 8.71. The number of Topliss-reactive ketones (excluding diaryl/α,β-unsaturated/α-hetero) is 1. The third-order valence-corrected chi connectivity index (χ3v) is 5.80. The molecule has 1 unspecified atom stereocenters. The lowest BCUT2D eigenvalue weighted by Crippen LogP contribution is -2.26. The molecule has 0 aliphatic heterocycles. The van der Waals surface area contributed by atoms with Gasteiger partial charge in [0.15, 0.2) is 5.78 Å². The quantitative estimate of drug-likeness (QED) is 0.307. The highest BCUT2D eigenvalue weighted by Gasteiger charge is 2.20. The van der Waals surface area contributed by atoms with Gasteiger partial charge >= 0.3 is 5.97 Å².